The average Bonchev–Trinajstić information content (AvgIpc) is 2.59. The van der Waals surface area contributed by atoms with E-state index in [9.17, 15) is 9.59 Å². The van der Waals surface area contributed by atoms with Crippen LogP contribution in [-0.2, 0) is 14.3 Å². The molecule has 2 amide bonds. The first-order valence-electron chi connectivity index (χ1n) is 9.46. The smallest absolute Gasteiger partial charge is 0.222 e. The molecular formula is C20H30BrN3O3. The SMILES string of the molecule is CC(=O)NC(CC(=O)NCC1CN(CC(C)C)CCO1)c1ccc(Br)cc1. The maximum absolute atomic E-state index is 12.4. The lowest BCUT2D eigenvalue weighted by atomic mass is 10.0. The highest BCUT2D eigenvalue weighted by atomic mass is 79.9. The quantitative estimate of drug-likeness (QED) is 0.652. The van der Waals surface area contributed by atoms with Crippen LogP contribution >= 0.6 is 15.9 Å². The molecule has 150 valence electrons. The zero-order valence-corrected chi connectivity index (χ0v) is 17.9. The van der Waals surface area contributed by atoms with Crippen molar-refractivity contribution in [2.24, 2.45) is 5.92 Å². The fraction of sp³-hybridized carbons (Fsp3) is 0.600. The second-order valence-corrected chi connectivity index (χ2v) is 8.37. The van der Waals surface area contributed by atoms with Gasteiger partial charge in [-0.2, -0.15) is 0 Å². The molecule has 1 aromatic carbocycles. The molecule has 6 nitrogen and oxygen atoms in total. The number of benzene rings is 1. The zero-order chi connectivity index (χ0) is 19.8. The largest absolute Gasteiger partial charge is 0.374 e. The number of amides is 2. The van der Waals surface area contributed by atoms with E-state index in [0.717, 1.165) is 29.7 Å². The number of carbonyl (C=O) groups excluding carboxylic acids is 2. The number of nitrogens with one attached hydrogen (secondary N) is 2. The molecule has 1 saturated heterocycles. The molecule has 0 spiro atoms. The summed E-state index contributed by atoms with van der Waals surface area (Å²) in [5, 5.41) is 5.82. The van der Waals surface area contributed by atoms with Crippen molar-refractivity contribution in [3.05, 3.63) is 34.3 Å². The highest BCUT2D eigenvalue weighted by molar-refractivity contribution is 9.10. The Kier molecular flexibility index (Phi) is 8.73. The van der Waals surface area contributed by atoms with Crippen LogP contribution in [0.2, 0.25) is 0 Å². The first-order valence-corrected chi connectivity index (χ1v) is 10.3. The van der Waals surface area contributed by atoms with Crippen molar-refractivity contribution in [3.63, 3.8) is 0 Å². The van der Waals surface area contributed by atoms with Crippen LogP contribution in [0.5, 0.6) is 0 Å². The number of ether oxygens (including phenoxy) is 1. The Morgan fingerprint density at radius 2 is 2.00 bits per heavy atom. The van der Waals surface area contributed by atoms with Gasteiger partial charge in [0.2, 0.25) is 11.8 Å². The summed E-state index contributed by atoms with van der Waals surface area (Å²) in [6.07, 6.45) is 0.206. The van der Waals surface area contributed by atoms with Crippen molar-refractivity contribution < 1.29 is 14.3 Å². The zero-order valence-electron chi connectivity index (χ0n) is 16.3. The number of rotatable bonds is 8. The lowest BCUT2D eigenvalue weighted by Crippen LogP contribution is -2.48. The first-order chi connectivity index (χ1) is 12.8. The fourth-order valence-electron chi connectivity index (χ4n) is 3.26. The van der Waals surface area contributed by atoms with Gasteiger partial charge in [-0.3, -0.25) is 14.5 Å². The van der Waals surface area contributed by atoms with E-state index in [0.29, 0.717) is 19.1 Å². The molecular weight excluding hydrogens is 410 g/mol. The van der Waals surface area contributed by atoms with Gasteiger partial charge in [-0.15, -0.1) is 0 Å². The highest BCUT2D eigenvalue weighted by Gasteiger charge is 2.22. The van der Waals surface area contributed by atoms with Crippen molar-refractivity contribution in [2.75, 3.05) is 32.8 Å². The van der Waals surface area contributed by atoms with Crippen molar-refractivity contribution in [1.82, 2.24) is 15.5 Å². The number of morpholine rings is 1. The van der Waals surface area contributed by atoms with E-state index in [-0.39, 0.29) is 30.4 Å². The maximum Gasteiger partial charge on any atom is 0.222 e. The normalized spacial score (nSPS) is 18.9. The molecule has 0 saturated carbocycles. The van der Waals surface area contributed by atoms with Gasteiger partial charge in [0.05, 0.1) is 25.2 Å². The Bertz CT molecular complexity index is 621. The van der Waals surface area contributed by atoms with Crippen LogP contribution in [0.1, 0.15) is 38.8 Å². The second-order valence-electron chi connectivity index (χ2n) is 7.46. The van der Waals surface area contributed by atoms with Gasteiger partial charge in [-0.05, 0) is 23.6 Å². The number of nitrogens with zero attached hydrogens (tertiary/aromatic N) is 1. The number of halogens is 1. The molecule has 1 aromatic rings. The van der Waals surface area contributed by atoms with E-state index in [1.165, 1.54) is 6.92 Å². The minimum Gasteiger partial charge on any atom is -0.374 e. The van der Waals surface area contributed by atoms with Crippen LogP contribution in [0.15, 0.2) is 28.7 Å². The number of hydrogen-bond donors (Lipinski definition) is 2. The molecule has 1 fully saturated rings. The molecule has 2 rings (SSSR count). The predicted octanol–water partition coefficient (Wildman–Crippen LogP) is 2.49. The minimum absolute atomic E-state index is 0.00773. The lowest BCUT2D eigenvalue weighted by molar-refractivity contribution is -0.123. The molecule has 0 bridgehead atoms. The van der Waals surface area contributed by atoms with Crippen LogP contribution in [0.25, 0.3) is 0 Å². The third kappa shape index (κ3) is 7.99. The number of hydrogen-bond acceptors (Lipinski definition) is 4. The van der Waals surface area contributed by atoms with Gasteiger partial charge in [-0.25, -0.2) is 0 Å². The highest BCUT2D eigenvalue weighted by Crippen LogP contribution is 2.20. The Morgan fingerprint density at radius 3 is 2.63 bits per heavy atom. The molecule has 1 heterocycles. The first kappa shape index (κ1) is 21.9. The lowest BCUT2D eigenvalue weighted by Gasteiger charge is -2.34. The summed E-state index contributed by atoms with van der Waals surface area (Å²) in [5.74, 6) is 0.361. The molecule has 0 aromatic heterocycles. The topological polar surface area (TPSA) is 70.7 Å². The predicted molar refractivity (Wildman–Crippen MR) is 109 cm³/mol. The molecule has 1 aliphatic heterocycles. The molecule has 1 aliphatic rings. The van der Waals surface area contributed by atoms with E-state index in [4.69, 9.17) is 4.74 Å². The van der Waals surface area contributed by atoms with Gasteiger partial charge in [0.1, 0.15) is 0 Å². The van der Waals surface area contributed by atoms with E-state index < -0.39 is 0 Å². The van der Waals surface area contributed by atoms with Crippen molar-refractivity contribution in [3.8, 4) is 0 Å². The summed E-state index contributed by atoms with van der Waals surface area (Å²) in [6, 6.07) is 7.28. The van der Waals surface area contributed by atoms with Gasteiger partial charge in [-0.1, -0.05) is 41.9 Å². The van der Waals surface area contributed by atoms with E-state index >= 15 is 0 Å². The molecule has 2 N–H and O–H groups in total. The fourth-order valence-corrected chi connectivity index (χ4v) is 3.53. The van der Waals surface area contributed by atoms with Crippen LogP contribution in [0.3, 0.4) is 0 Å². The maximum atomic E-state index is 12.4. The molecule has 2 atom stereocenters. The third-order valence-electron chi connectivity index (χ3n) is 4.41. The third-order valence-corrected chi connectivity index (χ3v) is 4.94. The molecule has 2 unspecified atom stereocenters. The summed E-state index contributed by atoms with van der Waals surface area (Å²) >= 11 is 3.40. The summed E-state index contributed by atoms with van der Waals surface area (Å²) in [6.45, 7) is 9.87. The van der Waals surface area contributed by atoms with E-state index in [2.05, 4.69) is 45.3 Å². The van der Waals surface area contributed by atoms with Gasteiger partial charge in [0.15, 0.2) is 0 Å². The monoisotopic (exact) mass is 439 g/mol. The summed E-state index contributed by atoms with van der Waals surface area (Å²) in [7, 11) is 0. The standard InChI is InChI=1S/C20H30BrN3O3/c1-14(2)12-24-8-9-27-18(13-24)11-22-20(26)10-19(23-15(3)25)16-4-6-17(21)7-5-16/h4-7,14,18-19H,8-13H2,1-3H3,(H,22,26)(H,23,25). The van der Waals surface area contributed by atoms with Crippen LogP contribution in [0.4, 0.5) is 0 Å². The molecule has 7 heteroatoms. The van der Waals surface area contributed by atoms with Gasteiger partial charge in [0.25, 0.3) is 0 Å². The average molecular weight is 440 g/mol. The van der Waals surface area contributed by atoms with Gasteiger partial charge < -0.3 is 15.4 Å². The molecule has 0 aliphatic carbocycles. The number of carbonyl (C=O) groups is 2. The minimum atomic E-state index is -0.347. The van der Waals surface area contributed by atoms with Gasteiger partial charge in [0, 0.05) is 37.6 Å². The second kappa shape index (κ2) is 10.8. The Balaban J connectivity index is 1.86. The van der Waals surface area contributed by atoms with Crippen LogP contribution in [-0.4, -0.2) is 55.6 Å². The Hall–Kier alpha value is -1.44. The van der Waals surface area contributed by atoms with E-state index in [1.807, 2.05) is 24.3 Å². The van der Waals surface area contributed by atoms with Gasteiger partial charge >= 0.3 is 0 Å². The van der Waals surface area contributed by atoms with Crippen molar-refractivity contribution in [1.29, 1.82) is 0 Å². The molecule has 0 radical (unpaired) electrons. The van der Waals surface area contributed by atoms with Crippen LogP contribution < -0.4 is 10.6 Å². The Labute approximate surface area is 170 Å². The Morgan fingerprint density at radius 1 is 1.30 bits per heavy atom. The van der Waals surface area contributed by atoms with Crippen molar-refractivity contribution in [2.45, 2.75) is 39.3 Å². The molecule has 27 heavy (non-hydrogen) atoms. The summed E-state index contributed by atoms with van der Waals surface area (Å²) < 4.78 is 6.73. The van der Waals surface area contributed by atoms with E-state index in [1.54, 1.807) is 0 Å². The summed E-state index contributed by atoms with van der Waals surface area (Å²) in [5.41, 5.74) is 0.903. The summed E-state index contributed by atoms with van der Waals surface area (Å²) in [4.78, 5) is 26.3. The van der Waals surface area contributed by atoms with Crippen molar-refractivity contribution >= 4 is 27.7 Å². The van der Waals surface area contributed by atoms with Crippen LogP contribution in [0, 0.1) is 5.92 Å².